The molecule has 0 aliphatic heterocycles. The highest BCUT2D eigenvalue weighted by molar-refractivity contribution is 6.28. The van der Waals surface area contributed by atoms with Gasteiger partial charge in [0.2, 0.25) is 11.2 Å². The fraction of sp³-hybridized carbons (Fsp3) is 0.300. The van der Waals surface area contributed by atoms with Gasteiger partial charge >= 0.3 is 0 Å². The van der Waals surface area contributed by atoms with Crippen molar-refractivity contribution in [2.24, 2.45) is 5.92 Å². The van der Waals surface area contributed by atoms with Crippen LogP contribution in [0, 0.1) is 5.92 Å². The van der Waals surface area contributed by atoms with E-state index < -0.39 is 0 Å². The number of hydrogen-bond donors (Lipinski definition) is 1. The van der Waals surface area contributed by atoms with Crippen LogP contribution in [0.15, 0.2) is 24.4 Å². The van der Waals surface area contributed by atoms with Gasteiger partial charge in [-0.15, -0.1) is 0 Å². The predicted octanol–water partition coefficient (Wildman–Crippen LogP) is 2.03. The molecule has 0 unspecified atom stereocenters. The molecule has 78 valence electrons. The van der Waals surface area contributed by atoms with E-state index >= 15 is 0 Å². The SMILES string of the molecule is O=C(Nc1ccnc(Cl)n1)C1CC=CC1. The molecule has 0 fully saturated rings. The molecule has 0 bridgehead atoms. The number of carbonyl (C=O) groups is 1. The van der Waals surface area contributed by atoms with Crippen molar-refractivity contribution < 1.29 is 4.79 Å². The number of nitrogens with one attached hydrogen (secondary N) is 1. The van der Waals surface area contributed by atoms with E-state index in [0.717, 1.165) is 12.8 Å². The van der Waals surface area contributed by atoms with E-state index in [4.69, 9.17) is 11.6 Å². The highest BCUT2D eigenvalue weighted by Crippen LogP contribution is 2.19. The number of anilines is 1. The van der Waals surface area contributed by atoms with Crippen LogP contribution >= 0.6 is 11.6 Å². The number of carbonyl (C=O) groups excluding carboxylic acids is 1. The first-order valence-corrected chi connectivity index (χ1v) is 5.08. The summed E-state index contributed by atoms with van der Waals surface area (Å²) in [4.78, 5) is 19.3. The van der Waals surface area contributed by atoms with Gasteiger partial charge in [0.25, 0.3) is 0 Å². The fourth-order valence-electron chi connectivity index (χ4n) is 1.46. The Labute approximate surface area is 92.4 Å². The molecular formula is C10H10ClN3O. The second-order valence-electron chi connectivity index (χ2n) is 3.34. The summed E-state index contributed by atoms with van der Waals surface area (Å²) in [6.45, 7) is 0. The van der Waals surface area contributed by atoms with Gasteiger partial charge in [0.1, 0.15) is 5.82 Å². The van der Waals surface area contributed by atoms with E-state index in [9.17, 15) is 4.79 Å². The summed E-state index contributed by atoms with van der Waals surface area (Å²) in [5.74, 6) is 0.459. The normalized spacial score (nSPS) is 15.5. The molecule has 5 heteroatoms. The van der Waals surface area contributed by atoms with Crippen molar-refractivity contribution in [2.45, 2.75) is 12.8 Å². The van der Waals surface area contributed by atoms with Gasteiger partial charge in [0.05, 0.1) is 0 Å². The van der Waals surface area contributed by atoms with Gasteiger partial charge in [0, 0.05) is 12.1 Å². The Morgan fingerprint density at radius 2 is 2.20 bits per heavy atom. The Morgan fingerprint density at radius 3 is 2.87 bits per heavy atom. The highest BCUT2D eigenvalue weighted by atomic mass is 35.5. The number of hydrogen-bond acceptors (Lipinski definition) is 3. The average Bonchev–Trinajstić information content (AvgIpc) is 2.70. The molecule has 1 N–H and O–H groups in total. The molecule has 2 rings (SSSR count). The molecule has 1 heterocycles. The number of rotatable bonds is 2. The maximum atomic E-state index is 11.7. The average molecular weight is 224 g/mol. The van der Waals surface area contributed by atoms with Crippen LogP contribution in [-0.2, 0) is 4.79 Å². The minimum absolute atomic E-state index is 0.0187. The molecule has 4 nitrogen and oxygen atoms in total. The Bertz CT molecular complexity index is 397. The van der Waals surface area contributed by atoms with Crippen LogP contribution in [0.2, 0.25) is 5.28 Å². The summed E-state index contributed by atoms with van der Waals surface area (Å²) in [5, 5.41) is 2.85. The quantitative estimate of drug-likeness (QED) is 0.617. The molecule has 1 aromatic rings. The molecule has 0 spiro atoms. The number of nitrogens with zero attached hydrogens (tertiary/aromatic N) is 2. The summed E-state index contributed by atoms with van der Waals surface area (Å²) < 4.78 is 0. The lowest BCUT2D eigenvalue weighted by molar-refractivity contribution is -0.119. The molecule has 15 heavy (non-hydrogen) atoms. The van der Waals surface area contributed by atoms with Crippen molar-refractivity contribution in [3.8, 4) is 0 Å². The van der Waals surface area contributed by atoms with Crippen molar-refractivity contribution in [2.75, 3.05) is 5.32 Å². The van der Waals surface area contributed by atoms with Crippen molar-refractivity contribution >= 4 is 23.3 Å². The molecule has 0 aromatic carbocycles. The largest absolute Gasteiger partial charge is 0.310 e. The number of amides is 1. The van der Waals surface area contributed by atoms with E-state index in [1.54, 1.807) is 6.07 Å². The molecule has 0 radical (unpaired) electrons. The molecule has 0 saturated carbocycles. The van der Waals surface area contributed by atoms with E-state index in [2.05, 4.69) is 15.3 Å². The molecule has 1 aliphatic rings. The third kappa shape index (κ3) is 2.53. The van der Waals surface area contributed by atoms with E-state index in [0.29, 0.717) is 5.82 Å². The third-order valence-corrected chi connectivity index (χ3v) is 2.44. The monoisotopic (exact) mass is 223 g/mol. The zero-order valence-electron chi connectivity index (χ0n) is 7.98. The minimum Gasteiger partial charge on any atom is -0.310 e. The van der Waals surface area contributed by atoms with E-state index in [1.807, 2.05) is 12.2 Å². The lowest BCUT2D eigenvalue weighted by Gasteiger charge is -2.09. The van der Waals surface area contributed by atoms with Gasteiger partial charge in [0.15, 0.2) is 0 Å². The van der Waals surface area contributed by atoms with Crippen LogP contribution in [0.5, 0.6) is 0 Å². The number of halogens is 1. The van der Waals surface area contributed by atoms with Gasteiger partial charge in [-0.25, -0.2) is 9.97 Å². The summed E-state index contributed by atoms with van der Waals surface area (Å²) in [6.07, 6.45) is 7.13. The Hall–Kier alpha value is -1.42. The highest BCUT2D eigenvalue weighted by Gasteiger charge is 2.19. The Kier molecular flexibility index (Phi) is 2.97. The van der Waals surface area contributed by atoms with Crippen molar-refractivity contribution in [1.82, 2.24) is 9.97 Å². The topological polar surface area (TPSA) is 54.9 Å². The van der Waals surface area contributed by atoms with Gasteiger partial charge in [-0.1, -0.05) is 12.2 Å². The van der Waals surface area contributed by atoms with Crippen LogP contribution < -0.4 is 5.32 Å². The molecular weight excluding hydrogens is 214 g/mol. The van der Waals surface area contributed by atoms with Gasteiger partial charge in [-0.05, 0) is 30.5 Å². The second kappa shape index (κ2) is 4.40. The lowest BCUT2D eigenvalue weighted by Crippen LogP contribution is -2.21. The summed E-state index contributed by atoms with van der Waals surface area (Å²) >= 11 is 5.60. The van der Waals surface area contributed by atoms with Crippen molar-refractivity contribution in [3.63, 3.8) is 0 Å². The first kappa shape index (κ1) is 10.1. The molecule has 1 aliphatic carbocycles. The van der Waals surface area contributed by atoms with Gasteiger partial charge in [-0.2, -0.15) is 0 Å². The van der Waals surface area contributed by atoms with Crippen LogP contribution in [0.1, 0.15) is 12.8 Å². The van der Waals surface area contributed by atoms with Crippen molar-refractivity contribution in [1.29, 1.82) is 0 Å². The van der Waals surface area contributed by atoms with Crippen LogP contribution in [0.3, 0.4) is 0 Å². The summed E-state index contributed by atoms with van der Waals surface area (Å²) in [5.41, 5.74) is 0. The second-order valence-corrected chi connectivity index (χ2v) is 3.68. The van der Waals surface area contributed by atoms with E-state index in [1.165, 1.54) is 6.20 Å². The van der Waals surface area contributed by atoms with Crippen molar-refractivity contribution in [3.05, 3.63) is 29.7 Å². The fourth-order valence-corrected chi connectivity index (χ4v) is 1.61. The summed E-state index contributed by atoms with van der Waals surface area (Å²) in [6, 6.07) is 1.62. The van der Waals surface area contributed by atoms with Crippen LogP contribution in [0.4, 0.5) is 5.82 Å². The predicted molar refractivity (Wildman–Crippen MR) is 57.5 cm³/mol. The smallest absolute Gasteiger partial charge is 0.229 e. The number of aromatic nitrogens is 2. The molecule has 1 aromatic heterocycles. The zero-order chi connectivity index (χ0) is 10.7. The van der Waals surface area contributed by atoms with Crippen LogP contribution in [0.25, 0.3) is 0 Å². The number of allylic oxidation sites excluding steroid dienone is 2. The Balaban J connectivity index is 1.99. The third-order valence-electron chi connectivity index (χ3n) is 2.26. The van der Waals surface area contributed by atoms with Gasteiger partial charge in [-0.3, -0.25) is 4.79 Å². The van der Waals surface area contributed by atoms with E-state index in [-0.39, 0.29) is 17.1 Å². The molecule has 0 atom stereocenters. The maximum Gasteiger partial charge on any atom is 0.229 e. The minimum atomic E-state index is -0.0187. The lowest BCUT2D eigenvalue weighted by atomic mass is 10.1. The van der Waals surface area contributed by atoms with Gasteiger partial charge < -0.3 is 5.32 Å². The molecule has 0 saturated heterocycles. The summed E-state index contributed by atoms with van der Waals surface area (Å²) in [7, 11) is 0. The standard InChI is InChI=1S/C10H10ClN3O/c11-10-12-6-5-8(14-10)13-9(15)7-3-1-2-4-7/h1-2,5-7H,3-4H2,(H,12,13,14,15). The first-order chi connectivity index (χ1) is 7.25. The Morgan fingerprint density at radius 1 is 1.47 bits per heavy atom. The van der Waals surface area contributed by atoms with Crippen LogP contribution in [-0.4, -0.2) is 15.9 Å². The first-order valence-electron chi connectivity index (χ1n) is 4.70. The zero-order valence-corrected chi connectivity index (χ0v) is 8.74. The molecule has 1 amide bonds. The maximum absolute atomic E-state index is 11.7.